The molecule has 0 bridgehead atoms. The van der Waals surface area contributed by atoms with E-state index in [-0.39, 0.29) is 13.0 Å². The third-order valence-corrected chi connectivity index (χ3v) is 4.16. The van der Waals surface area contributed by atoms with Crippen LogP contribution in [0.4, 0.5) is 10.5 Å². The minimum absolute atomic E-state index is 0.143. The molecule has 160 valence electrons. The fourth-order valence-corrected chi connectivity index (χ4v) is 2.66. The minimum Gasteiger partial charge on any atom is -0.497 e. The maximum Gasteiger partial charge on any atom is 0.411 e. The first-order valence-corrected chi connectivity index (χ1v) is 9.12. The lowest BCUT2D eigenvalue weighted by molar-refractivity contribution is -0.154. The van der Waals surface area contributed by atoms with Crippen LogP contribution in [0.3, 0.4) is 0 Å². The molecule has 0 radical (unpaired) electrons. The standard InChI is InChI=1S/C21H23NO8/c1-3-29-18-9-4-13(11-17(19(23)24)20(25)26)10-14(18)12-30-21(27)22-15-5-7-16(28-2)8-6-15/h4-10,17H,3,11-12H2,1-2H3,(H,22,27)(H,23,24)(H,25,26). The molecule has 2 aromatic carbocycles. The summed E-state index contributed by atoms with van der Waals surface area (Å²) < 4.78 is 15.8. The molecule has 30 heavy (non-hydrogen) atoms. The molecule has 9 heteroatoms. The van der Waals surface area contributed by atoms with Crippen molar-refractivity contribution in [1.82, 2.24) is 0 Å². The molecule has 0 fully saturated rings. The Labute approximate surface area is 173 Å². The number of benzene rings is 2. The Kier molecular flexibility index (Phi) is 8.04. The van der Waals surface area contributed by atoms with E-state index in [1.54, 1.807) is 49.4 Å². The van der Waals surface area contributed by atoms with Crippen molar-refractivity contribution in [3.63, 3.8) is 0 Å². The fraction of sp³-hybridized carbons (Fsp3) is 0.286. The van der Waals surface area contributed by atoms with Crippen LogP contribution < -0.4 is 14.8 Å². The summed E-state index contributed by atoms with van der Waals surface area (Å²) in [6.45, 7) is 2.02. The first-order valence-electron chi connectivity index (χ1n) is 9.12. The van der Waals surface area contributed by atoms with Crippen LogP contribution in [0, 0.1) is 5.92 Å². The number of carbonyl (C=O) groups excluding carboxylic acids is 1. The van der Waals surface area contributed by atoms with Crippen molar-refractivity contribution in [2.75, 3.05) is 19.0 Å². The number of nitrogens with one attached hydrogen (secondary N) is 1. The van der Waals surface area contributed by atoms with Crippen molar-refractivity contribution in [2.45, 2.75) is 20.0 Å². The van der Waals surface area contributed by atoms with Gasteiger partial charge < -0.3 is 24.4 Å². The number of carboxylic acid groups (broad SMARTS) is 2. The Morgan fingerprint density at radius 3 is 2.27 bits per heavy atom. The normalized spacial score (nSPS) is 10.4. The van der Waals surface area contributed by atoms with E-state index in [4.69, 9.17) is 24.4 Å². The van der Waals surface area contributed by atoms with E-state index in [0.717, 1.165) is 0 Å². The largest absolute Gasteiger partial charge is 0.497 e. The van der Waals surface area contributed by atoms with Gasteiger partial charge >= 0.3 is 18.0 Å². The van der Waals surface area contributed by atoms with Gasteiger partial charge in [-0.25, -0.2) is 4.79 Å². The third-order valence-electron chi connectivity index (χ3n) is 4.16. The van der Waals surface area contributed by atoms with E-state index in [2.05, 4.69) is 5.32 Å². The van der Waals surface area contributed by atoms with Crippen molar-refractivity contribution in [3.8, 4) is 11.5 Å². The number of anilines is 1. The Bertz CT molecular complexity index is 880. The number of amides is 1. The second-order valence-corrected chi connectivity index (χ2v) is 6.24. The van der Waals surface area contributed by atoms with E-state index in [0.29, 0.717) is 34.9 Å². The average molecular weight is 417 g/mol. The summed E-state index contributed by atoms with van der Waals surface area (Å²) in [6.07, 6.45) is -0.899. The van der Waals surface area contributed by atoms with Crippen LogP contribution in [0.5, 0.6) is 11.5 Å². The van der Waals surface area contributed by atoms with E-state index in [1.807, 2.05) is 0 Å². The van der Waals surface area contributed by atoms with Gasteiger partial charge in [0, 0.05) is 11.3 Å². The predicted octanol–water partition coefficient (Wildman–Crippen LogP) is 3.17. The number of hydrogen-bond acceptors (Lipinski definition) is 6. The SMILES string of the molecule is CCOc1ccc(CC(C(=O)O)C(=O)O)cc1COC(=O)Nc1ccc(OC)cc1. The number of methoxy groups -OCH3 is 1. The highest BCUT2D eigenvalue weighted by Crippen LogP contribution is 2.24. The quantitative estimate of drug-likeness (QED) is 0.502. The van der Waals surface area contributed by atoms with E-state index < -0.39 is 23.9 Å². The summed E-state index contributed by atoms with van der Waals surface area (Å²) in [6, 6.07) is 11.4. The van der Waals surface area contributed by atoms with E-state index in [9.17, 15) is 14.4 Å². The zero-order valence-electron chi connectivity index (χ0n) is 16.6. The van der Waals surface area contributed by atoms with Gasteiger partial charge in [0.15, 0.2) is 5.92 Å². The van der Waals surface area contributed by atoms with Crippen LogP contribution in [-0.4, -0.2) is 42.0 Å². The summed E-state index contributed by atoms with van der Waals surface area (Å²) in [5.41, 5.74) is 1.49. The topological polar surface area (TPSA) is 131 Å². The average Bonchev–Trinajstić information content (AvgIpc) is 2.72. The van der Waals surface area contributed by atoms with Gasteiger partial charge in [-0.1, -0.05) is 6.07 Å². The fourth-order valence-electron chi connectivity index (χ4n) is 2.66. The smallest absolute Gasteiger partial charge is 0.411 e. The molecule has 0 saturated heterocycles. The molecule has 0 aliphatic heterocycles. The highest BCUT2D eigenvalue weighted by Gasteiger charge is 2.26. The Morgan fingerprint density at radius 1 is 1.03 bits per heavy atom. The molecular formula is C21H23NO8. The van der Waals surface area contributed by atoms with Crippen LogP contribution >= 0.6 is 0 Å². The Balaban J connectivity index is 2.08. The molecule has 0 aliphatic carbocycles. The van der Waals surface area contributed by atoms with Gasteiger partial charge in [-0.05, 0) is 55.3 Å². The summed E-state index contributed by atoms with van der Waals surface area (Å²) in [7, 11) is 1.54. The highest BCUT2D eigenvalue weighted by atomic mass is 16.5. The van der Waals surface area contributed by atoms with Crippen molar-refractivity contribution in [2.24, 2.45) is 5.92 Å². The van der Waals surface area contributed by atoms with Crippen molar-refractivity contribution in [3.05, 3.63) is 53.6 Å². The predicted molar refractivity (Wildman–Crippen MR) is 107 cm³/mol. The van der Waals surface area contributed by atoms with Gasteiger partial charge in [-0.2, -0.15) is 0 Å². The molecule has 2 aromatic rings. The monoisotopic (exact) mass is 417 g/mol. The molecule has 3 N–H and O–H groups in total. The lowest BCUT2D eigenvalue weighted by Gasteiger charge is -2.14. The highest BCUT2D eigenvalue weighted by molar-refractivity contribution is 5.93. The lowest BCUT2D eigenvalue weighted by atomic mass is 9.98. The number of ether oxygens (including phenoxy) is 3. The lowest BCUT2D eigenvalue weighted by Crippen LogP contribution is -2.25. The molecule has 0 aliphatic rings. The maximum atomic E-state index is 12.1. The van der Waals surface area contributed by atoms with Gasteiger partial charge in [0.1, 0.15) is 18.1 Å². The number of carboxylic acids is 2. The number of hydrogen-bond donors (Lipinski definition) is 3. The Morgan fingerprint density at radius 2 is 1.70 bits per heavy atom. The van der Waals surface area contributed by atoms with Gasteiger partial charge in [0.2, 0.25) is 0 Å². The molecule has 9 nitrogen and oxygen atoms in total. The van der Waals surface area contributed by atoms with Gasteiger partial charge in [-0.15, -0.1) is 0 Å². The van der Waals surface area contributed by atoms with E-state index in [1.165, 1.54) is 7.11 Å². The molecule has 0 unspecified atom stereocenters. The molecule has 0 heterocycles. The molecule has 0 saturated carbocycles. The molecule has 0 atom stereocenters. The second kappa shape index (κ2) is 10.7. The van der Waals surface area contributed by atoms with Crippen LogP contribution in [0.2, 0.25) is 0 Å². The van der Waals surface area contributed by atoms with Gasteiger partial charge in [0.25, 0.3) is 0 Å². The van der Waals surface area contributed by atoms with Gasteiger partial charge in [0.05, 0.1) is 13.7 Å². The molecule has 1 amide bonds. The first kappa shape index (κ1) is 22.5. The van der Waals surface area contributed by atoms with Crippen molar-refractivity contribution >= 4 is 23.7 Å². The van der Waals surface area contributed by atoms with Crippen molar-refractivity contribution in [1.29, 1.82) is 0 Å². The zero-order chi connectivity index (χ0) is 22.1. The number of aliphatic carboxylic acids is 2. The van der Waals surface area contributed by atoms with Crippen molar-refractivity contribution < 1.29 is 38.8 Å². The van der Waals surface area contributed by atoms with Crippen LogP contribution in [0.15, 0.2) is 42.5 Å². The molecule has 0 spiro atoms. The van der Waals surface area contributed by atoms with Crippen LogP contribution in [0.25, 0.3) is 0 Å². The summed E-state index contributed by atoms with van der Waals surface area (Å²) in [5.74, 6) is -3.31. The van der Waals surface area contributed by atoms with Gasteiger partial charge in [-0.3, -0.25) is 14.9 Å². The Hall–Kier alpha value is -3.75. The molecular weight excluding hydrogens is 394 g/mol. The van der Waals surface area contributed by atoms with Crippen LogP contribution in [-0.2, 0) is 27.4 Å². The number of carbonyl (C=O) groups is 3. The third kappa shape index (κ3) is 6.40. The second-order valence-electron chi connectivity index (χ2n) is 6.24. The summed E-state index contributed by atoms with van der Waals surface area (Å²) >= 11 is 0. The molecule has 2 rings (SSSR count). The summed E-state index contributed by atoms with van der Waals surface area (Å²) in [5, 5.41) is 20.7. The first-order chi connectivity index (χ1) is 14.3. The molecule has 0 aromatic heterocycles. The van der Waals surface area contributed by atoms with E-state index >= 15 is 0 Å². The maximum absolute atomic E-state index is 12.1. The zero-order valence-corrected chi connectivity index (χ0v) is 16.6. The number of rotatable bonds is 10. The minimum atomic E-state index is -1.57. The summed E-state index contributed by atoms with van der Waals surface area (Å²) in [4.78, 5) is 34.4. The van der Waals surface area contributed by atoms with Crippen LogP contribution in [0.1, 0.15) is 18.1 Å².